The second-order valence-electron chi connectivity index (χ2n) is 4.65. The maximum atomic E-state index is 5.63. The van der Waals surface area contributed by atoms with Crippen molar-refractivity contribution in [2.45, 2.75) is 20.3 Å². The first-order valence-corrected chi connectivity index (χ1v) is 7.27. The van der Waals surface area contributed by atoms with Crippen LogP contribution in [0.3, 0.4) is 0 Å². The molecule has 4 heteroatoms. The highest BCUT2D eigenvalue weighted by molar-refractivity contribution is 5.37. The monoisotopic (exact) mass is 281 g/mol. The Kier molecular flexibility index (Phi) is 9.04. The first kappa shape index (κ1) is 17.0. The average Bonchev–Trinajstić information content (AvgIpc) is 2.44. The Morgan fingerprint density at radius 3 is 2.65 bits per heavy atom. The fourth-order valence-corrected chi connectivity index (χ4v) is 1.93. The van der Waals surface area contributed by atoms with Crippen molar-refractivity contribution in [3.05, 3.63) is 29.3 Å². The number of ether oxygens (including phenoxy) is 3. The summed E-state index contributed by atoms with van der Waals surface area (Å²) < 4.78 is 16.2. The predicted octanol–water partition coefficient (Wildman–Crippen LogP) is 2.19. The van der Waals surface area contributed by atoms with Gasteiger partial charge in [-0.1, -0.05) is 17.7 Å². The number of nitrogens with one attached hydrogen (secondary N) is 1. The topological polar surface area (TPSA) is 39.7 Å². The van der Waals surface area contributed by atoms with Crippen LogP contribution in [0, 0.1) is 6.92 Å². The van der Waals surface area contributed by atoms with Crippen LogP contribution in [-0.4, -0.2) is 46.6 Å². The average molecular weight is 281 g/mol. The lowest BCUT2D eigenvalue weighted by Crippen LogP contribution is -2.23. The molecule has 1 rings (SSSR count). The number of aryl methyl sites for hydroxylation is 1. The molecule has 0 radical (unpaired) electrons. The summed E-state index contributed by atoms with van der Waals surface area (Å²) in [6.07, 6.45) is 0.884. The lowest BCUT2D eigenvalue weighted by molar-refractivity contribution is 0.134. The van der Waals surface area contributed by atoms with Crippen LogP contribution in [0.4, 0.5) is 0 Å². The highest BCUT2D eigenvalue weighted by atomic mass is 16.5. The van der Waals surface area contributed by atoms with E-state index >= 15 is 0 Å². The Balaban J connectivity index is 2.22. The van der Waals surface area contributed by atoms with E-state index in [-0.39, 0.29) is 0 Å². The zero-order valence-electron chi connectivity index (χ0n) is 12.9. The van der Waals surface area contributed by atoms with E-state index in [1.54, 1.807) is 7.11 Å². The predicted molar refractivity (Wildman–Crippen MR) is 81.6 cm³/mol. The molecule has 1 aromatic rings. The van der Waals surface area contributed by atoms with Crippen LogP contribution in [-0.2, 0) is 15.9 Å². The normalized spacial score (nSPS) is 10.8. The van der Waals surface area contributed by atoms with Crippen molar-refractivity contribution in [1.29, 1.82) is 0 Å². The minimum absolute atomic E-state index is 0.695. The molecule has 1 aromatic carbocycles. The van der Waals surface area contributed by atoms with E-state index in [0.29, 0.717) is 6.61 Å². The van der Waals surface area contributed by atoms with Gasteiger partial charge in [-0.15, -0.1) is 0 Å². The summed E-state index contributed by atoms with van der Waals surface area (Å²) in [7, 11) is 1.70. The smallest absolute Gasteiger partial charge is 0.122 e. The first-order valence-electron chi connectivity index (χ1n) is 7.27. The molecule has 20 heavy (non-hydrogen) atoms. The van der Waals surface area contributed by atoms with Crippen molar-refractivity contribution in [2.75, 3.05) is 46.6 Å². The summed E-state index contributed by atoms with van der Waals surface area (Å²) in [5, 5.41) is 3.25. The Labute approximate surface area is 122 Å². The number of hydrogen-bond donors (Lipinski definition) is 1. The highest BCUT2D eigenvalue weighted by Gasteiger charge is 2.03. The van der Waals surface area contributed by atoms with E-state index in [2.05, 4.69) is 24.4 Å². The molecule has 0 fully saturated rings. The molecule has 114 valence electrons. The van der Waals surface area contributed by atoms with Crippen molar-refractivity contribution in [1.82, 2.24) is 5.32 Å². The molecule has 0 heterocycles. The van der Waals surface area contributed by atoms with Crippen molar-refractivity contribution in [3.8, 4) is 5.75 Å². The van der Waals surface area contributed by atoms with Gasteiger partial charge in [0.15, 0.2) is 0 Å². The van der Waals surface area contributed by atoms with Gasteiger partial charge in [0, 0.05) is 20.2 Å². The van der Waals surface area contributed by atoms with Crippen LogP contribution in [0.1, 0.15) is 18.1 Å². The quantitative estimate of drug-likeness (QED) is 0.631. The Hall–Kier alpha value is -1.10. The van der Waals surface area contributed by atoms with Crippen LogP contribution in [0.5, 0.6) is 5.75 Å². The maximum Gasteiger partial charge on any atom is 0.122 e. The zero-order chi connectivity index (χ0) is 14.6. The summed E-state index contributed by atoms with van der Waals surface area (Å²) in [6, 6.07) is 6.29. The summed E-state index contributed by atoms with van der Waals surface area (Å²) in [6.45, 7) is 8.70. The molecule has 0 aliphatic rings. The van der Waals surface area contributed by atoms with Gasteiger partial charge in [0.05, 0.1) is 26.4 Å². The largest absolute Gasteiger partial charge is 0.494 e. The van der Waals surface area contributed by atoms with Crippen LogP contribution in [0.25, 0.3) is 0 Å². The molecule has 4 nitrogen and oxygen atoms in total. The summed E-state index contributed by atoms with van der Waals surface area (Å²) >= 11 is 0. The van der Waals surface area contributed by atoms with E-state index in [0.717, 1.165) is 45.1 Å². The standard InChI is InChI=1S/C16H27NO3/c1-4-20-16-6-5-14(2)13-15(16)7-10-19-12-9-17-8-11-18-3/h5-6,13,17H,4,7-12H2,1-3H3. The third-order valence-electron chi connectivity index (χ3n) is 2.94. The molecule has 0 spiro atoms. The molecule has 0 aromatic heterocycles. The second kappa shape index (κ2) is 10.7. The molecule has 0 aliphatic carbocycles. The van der Waals surface area contributed by atoms with Gasteiger partial charge in [0.2, 0.25) is 0 Å². The van der Waals surface area contributed by atoms with Gasteiger partial charge < -0.3 is 19.5 Å². The fourth-order valence-electron chi connectivity index (χ4n) is 1.93. The zero-order valence-corrected chi connectivity index (χ0v) is 12.9. The van der Waals surface area contributed by atoms with Crippen molar-refractivity contribution < 1.29 is 14.2 Å². The number of rotatable bonds is 11. The van der Waals surface area contributed by atoms with Crippen molar-refractivity contribution >= 4 is 0 Å². The van der Waals surface area contributed by atoms with E-state index in [4.69, 9.17) is 14.2 Å². The summed E-state index contributed by atoms with van der Waals surface area (Å²) in [4.78, 5) is 0. The lowest BCUT2D eigenvalue weighted by Gasteiger charge is -2.11. The Morgan fingerprint density at radius 1 is 1.10 bits per heavy atom. The molecule has 0 saturated heterocycles. The van der Waals surface area contributed by atoms with Crippen LogP contribution in [0.2, 0.25) is 0 Å². The lowest BCUT2D eigenvalue weighted by atomic mass is 10.1. The summed E-state index contributed by atoms with van der Waals surface area (Å²) in [5.41, 5.74) is 2.48. The van der Waals surface area contributed by atoms with E-state index in [9.17, 15) is 0 Å². The number of hydrogen-bond acceptors (Lipinski definition) is 4. The maximum absolute atomic E-state index is 5.63. The highest BCUT2D eigenvalue weighted by Crippen LogP contribution is 2.20. The molecule has 1 N–H and O–H groups in total. The van der Waals surface area contributed by atoms with Gasteiger partial charge >= 0.3 is 0 Å². The fraction of sp³-hybridized carbons (Fsp3) is 0.625. The first-order chi connectivity index (χ1) is 9.77. The van der Waals surface area contributed by atoms with Crippen molar-refractivity contribution in [3.63, 3.8) is 0 Å². The Morgan fingerprint density at radius 2 is 1.90 bits per heavy atom. The molecule has 0 atom stereocenters. The number of benzene rings is 1. The van der Waals surface area contributed by atoms with E-state index in [1.807, 2.05) is 13.0 Å². The third kappa shape index (κ3) is 6.89. The Bertz CT molecular complexity index is 369. The van der Waals surface area contributed by atoms with E-state index < -0.39 is 0 Å². The minimum Gasteiger partial charge on any atom is -0.494 e. The van der Waals surface area contributed by atoms with Gasteiger partial charge in [-0.05, 0) is 31.9 Å². The molecule has 0 bridgehead atoms. The van der Waals surface area contributed by atoms with E-state index in [1.165, 1.54) is 11.1 Å². The number of methoxy groups -OCH3 is 1. The summed E-state index contributed by atoms with van der Waals surface area (Å²) in [5.74, 6) is 0.972. The second-order valence-corrected chi connectivity index (χ2v) is 4.65. The van der Waals surface area contributed by atoms with Crippen molar-refractivity contribution in [2.24, 2.45) is 0 Å². The molecule has 0 saturated carbocycles. The van der Waals surface area contributed by atoms with Gasteiger partial charge in [-0.3, -0.25) is 0 Å². The van der Waals surface area contributed by atoms with Gasteiger partial charge in [-0.25, -0.2) is 0 Å². The van der Waals surface area contributed by atoms with Gasteiger partial charge in [0.1, 0.15) is 5.75 Å². The molecular weight excluding hydrogens is 254 g/mol. The van der Waals surface area contributed by atoms with Gasteiger partial charge in [0.25, 0.3) is 0 Å². The minimum atomic E-state index is 0.695. The molecule has 0 unspecified atom stereocenters. The van der Waals surface area contributed by atoms with Gasteiger partial charge in [-0.2, -0.15) is 0 Å². The van der Waals surface area contributed by atoms with Crippen LogP contribution in [0.15, 0.2) is 18.2 Å². The molecule has 0 aliphatic heterocycles. The SMILES string of the molecule is CCOc1ccc(C)cc1CCOCCNCCOC. The molecular formula is C16H27NO3. The van der Waals surface area contributed by atoms with Crippen LogP contribution < -0.4 is 10.1 Å². The third-order valence-corrected chi connectivity index (χ3v) is 2.94. The van der Waals surface area contributed by atoms with Crippen LogP contribution >= 0.6 is 0 Å². The molecule has 0 amide bonds.